The van der Waals surface area contributed by atoms with E-state index in [1.54, 1.807) is 0 Å². The van der Waals surface area contributed by atoms with Gasteiger partial charge in [0.05, 0.1) is 10.8 Å². The molecular weight excluding hydrogens is 452 g/mol. The van der Waals surface area contributed by atoms with E-state index in [0.29, 0.717) is 0 Å². The maximum atomic E-state index is 2.27. The van der Waals surface area contributed by atoms with Crippen LogP contribution in [-0.4, -0.2) is 11.5 Å². The van der Waals surface area contributed by atoms with Gasteiger partial charge in [-0.05, 0) is 36.5 Å². The predicted octanol–water partition coefficient (Wildman–Crippen LogP) is 7.65. The van der Waals surface area contributed by atoms with Crippen LogP contribution in [0.5, 0.6) is 0 Å². The zero-order valence-corrected chi connectivity index (χ0v) is 22.3. The summed E-state index contributed by atoms with van der Waals surface area (Å²) in [6.07, 6.45) is 15.3. The zero-order chi connectivity index (χ0) is 23.6. The molecule has 0 aliphatic rings. The number of rotatable bonds is 13. The fourth-order valence-electron chi connectivity index (χ4n) is 4.56. The number of fused-ring (bicyclic) bond motifs is 2. The average molecular weight is 491 g/mol. The molecule has 0 spiro atoms. The smallest absolute Gasteiger partial charge is 0.201 e. The summed E-state index contributed by atoms with van der Waals surface area (Å²) < 4.78 is 4.42. The molecule has 0 bridgehead atoms. The molecule has 0 amide bonds. The Bertz CT molecular complexity index is 1110. The minimum Gasteiger partial charge on any atom is -0.201 e. The van der Waals surface area contributed by atoms with Crippen molar-refractivity contribution in [3.63, 3.8) is 0 Å². The molecule has 4 heteroatoms. The first-order valence-electron chi connectivity index (χ1n) is 12.7. The molecule has 0 unspecified atom stereocenters. The normalized spacial score (nSPS) is 11.5. The third kappa shape index (κ3) is 6.76. The minimum absolute atomic E-state index is 1.22. The molecule has 0 saturated heterocycles. The molecule has 0 N–H and O–H groups in total. The van der Waals surface area contributed by atoms with E-state index in [1.807, 2.05) is 23.5 Å². The van der Waals surface area contributed by atoms with Gasteiger partial charge in [0.1, 0.15) is 14.1 Å². The van der Waals surface area contributed by atoms with Crippen molar-refractivity contribution in [2.75, 3.05) is 11.5 Å². The van der Waals surface area contributed by atoms with E-state index in [2.05, 4.69) is 96.3 Å². The summed E-state index contributed by atoms with van der Waals surface area (Å²) in [7, 11) is 4.25. The fraction of sp³-hybridized carbons (Fsp3) is 0.400. The Labute approximate surface area is 213 Å². The van der Waals surface area contributed by atoms with Crippen molar-refractivity contribution in [2.45, 2.75) is 61.2 Å². The van der Waals surface area contributed by atoms with Crippen LogP contribution in [0.2, 0.25) is 0 Å². The molecule has 0 fully saturated rings. The number of aromatic nitrogens is 2. The Balaban J connectivity index is 1.04. The first-order valence-corrected chi connectivity index (χ1v) is 14.7. The molecule has 34 heavy (non-hydrogen) atoms. The van der Waals surface area contributed by atoms with Gasteiger partial charge in [-0.2, -0.15) is 0 Å². The fourth-order valence-corrected chi connectivity index (χ4v) is 6.67. The Hall–Kier alpha value is -2.04. The lowest BCUT2D eigenvalue weighted by molar-refractivity contribution is -0.645. The highest BCUT2D eigenvalue weighted by Gasteiger charge is 2.10. The van der Waals surface area contributed by atoms with E-state index in [0.717, 1.165) is 0 Å². The number of para-hydroxylation sites is 2. The highest BCUT2D eigenvalue weighted by molar-refractivity contribution is 7.99. The van der Waals surface area contributed by atoms with Gasteiger partial charge in [0.15, 0.2) is 12.4 Å². The SMILES string of the molecule is C[n+]1ccc(SCCCCCCCCCCSc2cc[n+](C)c3ccccc23)c2ccccc21. The van der Waals surface area contributed by atoms with Gasteiger partial charge < -0.3 is 0 Å². The average Bonchev–Trinajstić information content (AvgIpc) is 2.87. The number of unbranched alkanes of at least 4 members (excludes halogenated alkanes) is 7. The van der Waals surface area contributed by atoms with E-state index >= 15 is 0 Å². The number of hydrogen-bond acceptors (Lipinski definition) is 2. The molecule has 2 heterocycles. The number of benzene rings is 2. The van der Waals surface area contributed by atoms with Crippen molar-refractivity contribution in [1.82, 2.24) is 0 Å². The van der Waals surface area contributed by atoms with E-state index in [9.17, 15) is 0 Å². The Kier molecular flexibility index (Phi) is 9.70. The monoisotopic (exact) mass is 490 g/mol. The van der Waals surface area contributed by atoms with Gasteiger partial charge in [-0.3, -0.25) is 0 Å². The third-order valence-electron chi connectivity index (χ3n) is 6.55. The van der Waals surface area contributed by atoms with Crippen molar-refractivity contribution in [1.29, 1.82) is 0 Å². The molecule has 0 aliphatic carbocycles. The summed E-state index contributed by atoms with van der Waals surface area (Å²) in [5.41, 5.74) is 2.63. The zero-order valence-electron chi connectivity index (χ0n) is 20.7. The van der Waals surface area contributed by atoms with Crippen LogP contribution in [0.25, 0.3) is 21.8 Å². The summed E-state index contributed by atoms with van der Waals surface area (Å²) in [6.45, 7) is 0. The quantitative estimate of drug-likeness (QED) is 0.108. The number of hydrogen-bond donors (Lipinski definition) is 0. The summed E-state index contributed by atoms with van der Waals surface area (Å²) in [5.74, 6) is 2.45. The van der Waals surface area contributed by atoms with E-state index in [1.165, 1.54) is 94.5 Å². The minimum atomic E-state index is 1.22. The van der Waals surface area contributed by atoms with Gasteiger partial charge in [0.2, 0.25) is 11.0 Å². The number of aryl methyl sites for hydroxylation is 2. The number of thioether (sulfide) groups is 2. The molecule has 0 atom stereocenters. The highest BCUT2D eigenvalue weighted by Crippen LogP contribution is 2.28. The van der Waals surface area contributed by atoms with Crippen LogP contribution in [0.15, 0.2) is 82.8 Å². The molecule has 178 valence electrons. The van der Waals surface area contributed by atoms with Crippen LogP contribution < -0.4 is 9.13 Å². The van der Waals surface area contributed by atoms with Crippen molar-refractivity contribution >= 4 is 45.3 Å². The van der Waals surface area contributed by atoms with Crippen molar-refractivity contribution in [3.8, 4) is 0 Å². The first-order chi connectivity index (χ1) is 16.7. The summed E-state index contributed by atoms with van der Waals surface area (Å²) in [6, 6.07) is 22.0. The third-order valence-corrected chi connectivity index (χ3v) is 8.87. The topological polar surface area (TPSA) is 7.76 Å². The summed E-state index contributed by atoms with van der Waals surface area (Å²) in [4.78, 5) is 2.84. The van der Waals surface area contributed by atoms with Gasteiger partial charge >= 0.3 is 0 Å². The second-order valence-corrected chi connectivity index (χ2v) is 11.4. The molecule has 0 saturated carbocycles. The van der Waals surface area contributed by atoms with Crippen LogP contribution in [0, 0.1) is 0 Å². The lowest BCUT2D eigenvalue weighted by atomic mass is 10.1. The van der Waals surface area contributed by atoms with Gasteiger partial charge in [0.25, 0.3) is 0 Å². The van der Waals surface area contributed by atoms with Crippen LogP contribution in [0.1, 0.15) is 51.4 Å². The molecule has 0 aliphatic heterocycles. The molecular formula is C30H38N2S2+2. The van der Waals surface area contributed by atoms with Gasteiger partial charge in [0, 0.05) is 34.1 Å². The van der Waals surface area contributed by atoms with Crippen molar-refractivity contribution in [2.24, 2.45) is 14.1 Å². The van der Waals surface area contributed by atoms with Crippen LogP contribution >= 0.6 is 23.5 Å². The lowest BCUT2D eigenvalue weighted by Crippen LogP contribution is -2.28. The standard InChI is InChI=1S/C30H38N2S2/c1-31-21-19-29(25-15-9-11-17-27(25)31)33-23-13-7-5-3-4-6-8-14-24-34-30-20-22-32(2)28-18-12-10-16-26(28)30/h9-12,15-22H,3-8,13-14,23-24H2,1-2H3/q+2. The van der Waals surface area contributed by atoms with Gasteiger partial charge in [-0.1, -0.05) is 62.8 Å². The number of pyridine rings is 2. The molecule has 2 aromatic carbocycles. The van der Waals surface area contributed by atoms with Crippen LogP contribution in [0.3, 0.4) is 0 Å². The van der Waals surface area contributed by atoms with E-state index in [-0.39, 0.29) is 0 Å². The van der Waals surface area contributed by atoms with Gasteiger partial charge in [-0.15, -0.1) is 23.5 Å². The second kappa shape index (κ2) is 13.2. The van der Waals surface area contributed by atoms with Crippen molar-refractivity contribution in [3.05, 3.63) is 73.1 Å². The Morgan fingerprint density at radius 3 is 1.32 bits per heavy atom. The Morgan fingerprint density at radius 1 is 0.500 bits per heavy atom. The maximum Gasteiger partial charge on any atom is 0.213 e. The first kappa shape index (κ1) is 25.1. The van der Waals surface area contributed by atoms with Crippen molar-refractivity contribution < 1.29 is 9.13 Å². The summed E-state index contributed by atoms with van der Waals surface area (Å²) >= 11 is 4.04. The highest BCUT2D eigenvalue weighted by atomic mass is 32.2. The lowest BCUT2D eigenvalue weighted by Gasteiger charge is -2.06. The molecule has 2 nitrogen and oxygen atoms in total. The van der Waals surface area contributed by atoms with E-state index < -0.39 is 0 Å². The Morgan fingerprint density at radius 2 is 0.882 bits per heavy atom. The molecule has 0 radical (unpaired) electrons. The maximum absolute atomic E-state index is 2.27. The molecule has 4 rings (SSSR count). The molecule has 2 aromatic heterocycles. The predicted molar refractivity (Wildman–Crippen MR) is 149 cm³/mol. The summed E-state index contributed by atoms with van der Waals surface area (Å²) in [5, 5.41) is 2.76. The van der Waals surface area contributed by atoms with E-state index in [4.69, 9.17) is 0 Å². The van der Waals surface area contributed by atoms with Gasteiger partial charge in [-0.25, -0.2) is 9.13 Å². The largest absolute Gasteiger partial charge is 0.213 e. The molecule has 4 aromatic rings. The van der Waals surface area contributed by atoms with Crippen LogP contribution in [0.4, 0.5) is 0 Å². The second-order valence-electron chi connectivity index (χ2n) is 9.14. The van der Waals surface area contributed by atoms with Crippen LogP contribution in [-0.2, 0) is 14.1 Å². The number of nitrogens with zero attached hydrogens (tertiary/aromatic N) is 2.